The van der Waals surface area contributed by atoms with Crippen LogP contribution >= 0.6 is 0 Å². The zero-order chi connectivity index (χ0) is 29.9. The number of hydrogen-bond donors (Lipinski definition) is 1. The lowest BCUT2D eigenvalue weighted by atomic mass is 10.0. The number of benzene rings is 1. The van der Waals surface area contributed by atoms with Crippen molar-refractivity contribution in [2.75, 3.05) is 38.5 Å². The van der Waals surface area contributed by atoms with E-state index in [2.05, 4.69) is 48.7 Å². The van der Waals surface area contributed by atoms with E-state index in [0.29, 0.717) is 30.4 Å². The number of anilines is 1. The predicted octanol–water partition coefficient (Wildman–Crippen LogP) is 4.45. The standard InChI is InChI=1S/C30H31F3N8O/c1-20(4-9-27-25-17-35-19-36-28(25)41(38-27)24-7-8-24)15-34-16-21(2)29(42)37-23-6-5-22(26(14-23)30(31,32)33)18-40-12-10-39(3)11-13-40/h5-6,14-17,19,24H,1,7-8,10-13,18H2,2-3H3,(H,37,42)/b21-16+,34-15-. The summed E-state index contributed by atoms with van der Waals surface area (Å²) in [5.41, 5.74) is 1.36. The van der Waals surface area contributed by atoms with Gasteiger partial charge in [-0.2, -0.15) is 18.3 Å². The normalized spacial score (nSPS) is 16.9. The minimum absolute atomic E-state index is 0.0586. The second-order valence-corrected chi connectivity index (χ2v) is 10.6. The summed E-state index contributed by atoms with van der Waals surface area (Å²) in [5, 5.41) is 7.86. The molecule has 2 aliphatic rings. The number of allylic oxidation sites excluding steroid dienone is 1. The van der Waals surface area contributed by atoms with Gasteiger partial charge < -0.3 is 10.2 Å². The van der Waals surface area contributed by atoms with Crippen molar-refractivity contribution in [3.05, 3.63) is 71.5 Å². The van der Waals surface area contributed by atoms with E-state index in [4.69, 9.17) is 0 Å². The molecule has 0 radical (unpaired) electrons. The number of aromatic nitrogens is 4. The molecule has 0 spiro atoms. The highest BCUT2D eigenvalue weighted by molar-refractivity contribution is 6.03. The molecule has 3 heterocycles. The molecule has 1 saturated heterocycles. The number of rotatable bonds is 7. The molecule has 1 N–H and O–H groups in total. The Hall–Kier alpha value is -4.34. The third-order valence-electron chi connectivity index (χ3n) is 7.12. The molecule has 9 nitrogen and oxygen atoms in total. The molecule has 0 atom stereocenters. The molecule has 0 unspecified atom stereocenters. The smallest absolute Gasteiger partial charge is 0.322 e. The number of alkyl halides is 3. The lowest BCUT2D eigenvalue weighted by Crippen LogP contribution is -2.44. The van der Waals surface area contributed by atoms with Crippen LogP contribution in [-0.2, 0) is 17.5 Å². The minimum Gasteiger partial charge on any atom is -0.322 e. The number of amides is 1. The maximum atomic E-state index is 13.9. The Labute approximate surface area is 241 Å². The fourth-order valence-corrected chi connectivity index (χ4v) is 4.55. The van der Waals surface area contributed by atoms with Gasteiger partial charge in [0.25, 0.3) is 5.91 Å². The highest BCUT2D eigenvalue weighted by Crippen LogP contribution is 2.37. The third-order valence-corrected chi connectivity index (χ3v) is 7.12. The number of nitrogens with one attached hydrogen (secondary N) is 1. The molecule has 3 aromatic rings. The topological polar surface area (TPSA) is 91.5 Å². The van der Waals surface area contributed by atoms with E-state index in [0.717, 1.165) is 43.0 Å². The lowest BCUT2D eigenvalue weighted by molar-refractivity contribution is -0.138. The van der Waals surface area contributed by atoms with E-state index in [9.17, 15) is 18.0 Å². The van der Waals surface area contributed by atoms with Crippen molar-refractivity contribution in [1.29, 1.82) is 0 Å². The maximum Gasteiger partial charge on any atom is 0.416 e. The van der Waals surface area contributed by atoms with Crippen molar-refractivity contribution in [3.63, 3.8) is 0 Å². The van der Waals surface area contributed by atoms with Gasteiger partial charge in [-0.15, -0.1) is 0 Å². The van der Waals surface area contributed by atoms with Gasteiger partial charge in [-0.1, -0.05) is 18.6 Å². The Morgan fingerprint density at radius 3 is 2.71 bits per heavy atom. The van der Waals surface area contributed by atoms with E-state index in [-0.39, 0.29) is 23.4 Å². The first kappa shape index (κ1) is 29.2. The average molecular weight is 577 g/mol. The maximum absolute atomic E-state index is 13.9. The summed E-state index contributed by atoms with van der Waals surface area (Å²) < 4.78 is 43.5. The van der Waals surface area contributed by atoms with Crippen molar-refractivity contribution >= 4 is 28.8 Å². The molecule has 0 bridgehead atoms. The lowest BCUT2D eigenvalue weighted by Gasteiger charge is -2.33. The summed E-state index contributed by atoms with van der Waals surface area (Å²) in [7, 11) is 1.99. The van der Waals surface area contributed by atoms with Gasteiger partial charge in [-0.05, 0) is 50.4 Å². The summed E-state index contributed by atoms with van der Waals surface area (Å²) in [5.74, 6) is 5.31. The van der Waals surface area contributed by atoms with Gasteiger partial charge in [0, 0.05) is 68.2 Å². The zero-order valence-corrected chi connectivity index (χ0v) is 23.4. The number of halogens is 3. The van der Waals surface area contributed by atoms with Crippen LogP contribution in [0.4, 0.5) is 18.9 Å². The van der Waals surface area contributed by atoms with Gasteiger partial charge in [0.05, 0.1) is 17.0 Å². The molecular formula is C30H31F3N8O. The number of piperazine rings is 1. The molecule has 42 heavy (non-hydrogen) atoms. The van der Waals surface area contributed by atoms with Crippen LogP contribution in [-0.4, -0.2) is 74.9 Å². The van der Waals surface area contributed by atoms with Gasteiger partial charge in [-0.3, -0.25) is 14.7 Å². The molecule has 1 aliphatic heterocycles. The monoisotopic (exact) mass is 576 g/mol. The van der Waals surface area contributed by atoms with Gasteiger partial charge in [-0.25, -0.2) is 14.6 Å². The molecule has 1 amide bonds. The summed E-state index contributed by atoms with van der Waals surface area (Å²) in [6.45, 7) is 8.60. The van der Waals surface area contributed by atoms with Crippen molar-refractivity contribution in [2.24, 2.45) is 4.99 Å². The molecule has 218 valence electrons. The molecule has 1 aliphatic carbocycles. The second-order valence-electron chi connectivity index (χ2n) is 10.6. The first-order valence-electron chi connectivity index (χ1n) is 13.6. The number of carbonyl (C=O) groups excluding carboxylic acids is 1. The van der Waals surface area contributed by atoms with E-state index >= 15 is 0 Å². The van der Waals surface area contributed by atoms with Crippen LogP contribution in [0.15, 0.2) is 59.6 Å². The van der Waals surface area contributed by atoms with E-state index in [1.165, 1.54) is 37.8 Å². The van der Waals surface area contributed by atoms with Crippen LogP contribution in [0.2, 0.25) is 0 Å². The molecule has 1 saturated carbocycles. The molecule has 2 fully saturated rings. The first-order valence-corrected chi connectivity index (χ1v) is 13.6. The van der Waals surface area contributed by atoms with Gasteiger partial charge in [0.1, 0.15) is 12.0 Å². The fourth-order valence-electron chi connectivity index (χ4n) is 4.55. The Morgan fingerprint density at radius 1 is 1.24 bits per heavy atom. The quantitative estimate of drug-likeness (QED) is 0.254. The fraction of sp³-hybridized carbons (Fsp3) is 0.367. The van der Waals surface area contributed by atoms with Crippen LogP contribution in [0.5, 0.6) is 0 Å². The highest BCUT2D eigenvalue weighted by Gasteiger charge is 2.34. The number of carbonyl (C=O) groups is 1. The van der Waals surface area contributed by atoms with Crippen LogP contribution in [0.25, 0.3) is 11.0 Å². The molecular weight excluding hydrogens is 545 g/mol. The first-order chi connectivity index (χ1) is 20.1. The second kappa shape index (κ2) is 12.3. The minimum atomic E-state index is -4.55. The summed E-state index contributed by atoms with van der Waals surface area (Å²) in [6.07, 6.45) is 3.42. The largest absolute Gasteiger partial charge is 0.416 e. The Balaban J connectivity index is 1.22. The van der Waals surface area contributed by atoms with Gasteiger partial charge >= 0.3 is 6.18 Å². The molecule has 2 aromatic heterocycles. The number of nitrogens with zero attached hydrogens (tertiary/aromatic N) is 7. The van der Waals surface area contributed by atoms with Gasteiger partial charge in [0.2, 0.25) is 0 Å². The number of fused-ring (bicyclic) bond motifs is 1. The molecule has 12 heteroatoms. The number of likely N-dealkylation sites (N-methyl/N-ethyl adjacent to an activating group) is 1. The van der Waals surface area contributed by atoms with Crippen molar-refractivity contribution < 1.29 is 18.0 Å². The zero-order valence-electron chi connectivity index (χ0n) is 23.4. The Kier molecular flexibility index (Phi) is 8.51. The summed E-state index contributed by atoms with van der Waals surface area (Å²) >= 11 is 0. The van der Waals surface area contributed by atoms with Crippen LogP contribution in [0.3, 0.4) is 0 Å². The van der Waals surface area contributed by atoms with Crippen molar-refractivity contribution in [3.8, 4) is 11.8 Å². The van der Waals surface area contributed by atoms with Crippen LogP contribution in [0, 0.1) is 11.8 Å². The third kappa shape index (κ3) is 7.10. The predicted molar refractivity (Wildman–Crippen MR) is 155 cm³/mol. The van der Waals surface area contributed by atoms with E-state index in [1.807, 2.05) is 16.6 Å². The highest BCUT2D eigenvalue weighted by atomic mass is 19.4. The van der Waals surface area contributed by atoms with E-state index < -0.39 is 17.6 Å². The van der Waals surface area contributed by atoms with Crippen LogP contribution < -0.4 is 5.32 Å². The SMILES string of the molecule is C=C(C#Cc1nn(C2CC2)c2ncncc12)/C=N\C=C(/C)C(=O)Nc1ccc(CN2CCN(C)CC2)c(C(F)(F)F)c1. The van der Waals surface area contributed by atoms with Crippen molar-refractivity contribution in [2.45, 2.75) is 38.5 Å². The van der Waals surface area contributed by atoms with Crippen molar-refractivity contribution in [1.82, 2.24) is 29.5 Å². The van der Waals surface area contributed by atoms with Gasteiger partial charge in [0.15, 0.2) is 5.65 Å². The number of hydrogen-bond acceptors (Lipinski definition) is 7. The molecule has 1 aromatic carbocycles. The summed E-state index contributed by atoms with van der Waals surface area (Å²) in [4.78, 5) is 29.3. The molecule has 5 rings (SSSR count). The van der Waals surface area contributed by atoms with Crippen LogP contribution in [0.1, 0.15) is 42.6 Å². The number of aliphatic imine (C=N–C) groups is 1. The summed E-state index contributed by atoms with van der Waals surface area (Å²) in [6, 6.07) is 4.24. The Morgan fingerprint density at radius 2 is 2.00 bits per heavy atom. The Bertz CT molecular complexity index is 1620. The van der Waals surface area contributed by atoms with E-state index in [1.54, 1.807) is 6.20 Å². The average Bonchev–Trinajstić information content (AvgIpc) is 3.74.